The predicted molar refractivity (Wildman–Crippen MR) is 22.8 cm³/mol. The molecule has 0 saturated heterocycles. The van der Waals surface area contributed by atoms with Gasteiger partial charge in [0.15, 0.2) is 0 Å². The summed E-state index contributed by atoms with van der Waals surface area (Å²) in [4.78, 5) is 0. The molecule has 0 radical (unpaired) electrons. The van der Waals surface area contributed by atoms with Crippen LogP contribution in [0.15, 0.2) is 12.5 Å². The van der Waals surface area contributed by atoms with Crippen molar-refractivity contribution in [3.8, 4) is 0 Å². The fourth-order valence-corrected chi connectivity index (χ4v) is 0. The first-order chi connectivity index (χ1) is 2.64. The van der Waals surface area contributed by atoms with Crippen molar-refractivity contribution in [2.75, 3.05) is 7.05 Å². The van der Waals surface area contributed by atoms with Gasteiger partial charge in [-0.25, -0.2) is 0 Å². The molecule has 0 atom stereocenters. The fourth-order valence-electron chi connectivity index (χ4n) is 0. The zero-order valence-electron chi connectivity index (χ0n) is 4.44. The molecule has 0 aromatic heterocycles. The molecule has 0 saturated carbocycles. The molecule has 36 valence electrons. The van der Waals surface area contributed by atoms with Gasteiger partial charge in [0, 0.05) is 18.8 Å². The molecule has 0 fully saturated rings. The van der Waals surface area contributed by atoms with E-state index in [2.05, 4.69) is 6.58 Å². The first kappa shape index (κ1) is 10.3. The summed E-state index contributed by atoms with van der Waals surface area (Å²) in [6.45, 7) is 2.99. The van der Waals surface area contributed by atoms with E-state index in [4.69, 9.17) is 11.8 Å². The summed E-state index contributed by atoms with van der Waals surface area (Å²) in [6.07, 6.45) is 0. The van der Waals surface area contributed by atoms with Crippen molar-refractivity contribution in [2.45, 2.75) is 0 Å². The van der Waals surface area contributed by atoms with Gasteiger partial charge in [0.1, 0.15) is 0 Å². The van der Waals surface area contributed by atoms with Crippen LogP contribution in [-0.2, 0) is 0 Å². The molecule has 0 aromatic carbocycles. The van der Waals surface area contributed by atoms with E-state index in [9.17, 15) is 5.11 Å². The van der Waals surface area contributed by atoms with Gasteiger partial charge >= 0.3 is 18.9 Å². The zero-order chi connectivity index (χ0) is 5.15. The Bertz CT molecular complexity index is 66.0. The summed E-state index contributed by atoms with van der Waals surface area (Å²) in [7, 11) is 1.43. The Balaban J connectivity index is 0. The number of hydrogen-bond acceptors (Lipinski definition) is 2. The van der Waals surface area contributed by atoms with Crippen LogP contribution in [0.2, 0.25) is 0 Å². The molecule has 0 aromatic rings. The van der Waals surface area contributed by atoms with Crippen molar-refractivity contribution < 1.29 is 24.0 Å². The van der Waals surface area contributed by atoms with Crippen molar-refractivity contribution in [2.24, 2.45) is 0 Å². The van der Waals surface area contributed by atoms with Crippen molar-refractivity contribution in [3.63, 3.8) is 0 Å². The van der Waals surface area contributed by atoms with Gasteiger partial charge in [-0.3, -0.25) is 0 Å². The maximum Gasteiger partial charge on any atom is 1.00 e. The molecular formula is C3H5ClLiNO. The van der Waals surface area contributed by atoms with Crippen molar-refractivity contribution >= 4 is 11.8 Å². The first-order valence-electron chi connectivity index (χ1n) is 1.40. The van der Waals surface area contributed by atoms with Gasteiger partial charge in [0.05, 0.1) is 0 Å². The second-order valence-corrected chi connectivity index (χ2v) is 1.38. The molecule has 0 heterocycles. The Labute approximate surface area is 60.0 Å². The predicted octanol–water partition coefficient (Wildman–Crippen LogP) is -3.09. The van der Waals surface area contributed by atoms with E-state index in [0.29, 0.717) is 0 Å². The quantitative estimate of drug-likeness (QED) is 0.205. The van der Waals surface area contributed by atoms with Gasteiger partial charge < -0.3 is 9.53 Å². The minimum absolute atomic E-state index is 0. The summed E-state index contributed by atoms with van der Waals surface area (Å²) < 4.78 is 0.889. The van der Waals surface area contributed by atoms with E-state index in [1.54, 1.807) is 0 Å². The number of rotatable bonds is 1. The van der Waals surface area contributed by atoms with Gasteiger partial charge in [-0.15, -0.1) is 0 Å². The second-order valence-electron chi connectivity index (χ2n) is 0.871. The van der Waals surface area contributed by atoms with Crippen LogP contribution in [-0.4, -0.2) is 11.5 Å². The molecular weight excluding hydrogens is 108 g/mol. The summed E-state index contributed by atoms with van der Waals surface area (Å²) in [5.41, 5.74) is 0. The third-order valence-corrected chi connectivity index (χ3v) is 0.532. The average molecular weight is 113 g/mol. The number of nitrogens with zero attached hydrogens (tertiary/aromatic N) is 1. The fraction of sp³-hybridized carbons (Fsp3) is 0.333. The van der Waals surface area contributed by atoms with Crippen LogP contribution in [0.5, 0.6) is 0 Å². The number of halogens is 1. The van der Waals surface area contributed by atoms with E-state index in [1.165, 1.54) is 7.05 Å². The van der Waals surface area contributed by atoms with Gasteiger partial charge in [-0.2, -0.15) is 0 Å². The molecule has 7 heavy (non-hydrogen) atoms. The van der Waals surface area contributed by atoms with E-state index in [0.717, 1.165) is 4.42 Å². The van der Waals surface area contributed by atoms with Crippen LogP contribution >= 0.6 is 11.8 Å². The summed E-state index contributed by atoms with van der Waals surface area (Å²) in [5, 5.41) is 9.83. The van der Waals surface area contributed by atoms with Gasteiger partial charge in [-0.1, -0.05) is 6.58 Å². The Morgan fingerprint density at radius 2 is 2.00 bits per heavy atom. The van der Waals surface area contributed by atoms with E-state index < -0.39 is 5.88 Å². The zero-order valence-corrected chi connectivity index (χ0v) is 5.20. The summed E-state index contributed by atoms with van der Waals surface area (Å²) in [6, 6.07) is 0. The molecule has 0 unspecified atom stereocenters. The van der Waals surface area contributed by atoms with Crippen LogP contribution in [0.25, 0.3) is 0 Å². The van der Waals surface area contributed by atoms with Crippen LogP contribution in [0, 0.1) is 0 Å². The second kappa shape index (κ2) is 4.39. The SMILES string of the molecule is C=C([O-])N(C)Cl.[Li+]. The molecule has 0 rings (SSSR count). The Morgan fingerprint density at radius 3 is 2.00 bits per heavy atom. The normalized spacial score (nSPS) is 6.57. The van der Waals surface area contributed by atoms with E-state index >= 15 is 0 Å². The maximum atomic E-state index is 9.83. The number of hydrogen-bond donors (Lipinski definition) is 0. The molecule has 0 bridgehead atoms. The first-order valence-corrected chi connectivity index (χ1v) is 1.74. The Morgan fingerprint density at radius 1 is 1.86 bits per heavy atom. The summed E-state index contributed by atoms with van der Waals surface area (Å²) in [5.74, 6) is -0.392. The minimum atomic E-state index is -0.392. The monoisotopic (exact) mass is 113 g/mol. The third-order valence-electron chi connectivity index (χ3n) is 0.344. The molecule has 0 aliphatic heterocycles. The summed E-state index contributed by atoms with van der Waals surface area (Å²) >= 11 is 5.03. The van der Waals surface area contributed by atoms with Crippen LogP contribution < -0.4 is 24.0 Å². The molecule has 0 amide bonds. The Kier molecular flexibility index (Phi) is 6.43. The van der Waals surface area contributed by atoms with Gasteiger partial charge in [0.25, 0.3) is 0 Å². The van der Waals surface area contributed by atoms with Gasteiger partial charge in [0.2, 0.25) is 0 Å². The van der Waals surface area contributed by atoms with Crippen molar-refractivity contribution in [3.05, 3.63) is 12.5 Å². The standard InChI is InChI=1S/C3H6ClNO.Li/c1-3(6)5(2)4;/h6H,1H2,2H3;/q;+1/p-1. The van der Waals surface area contributed by atoms with E-state index in [-0.39, 0.29) is 18.9 Å². The minimum Gasteiger partial charge on any atom is -0.860 e. The van der Waals surface area contributed by atoms with Crippen molar-refractivity contribution in [1.82, 2.24) is 4.42 Å². The van der Waals surface area contributed by atoms with Gasteiger partial charge in [-0.05, 0) is 5.88 Å². The average Bonchev–Trinajstić information content (AvgIpc) is 1.36. The molecule has 0 spiro atoms. The molecule has 0 N–H and O–H groups in total. The van der Waals surface area contributed by atoms with E-state index in [1.807, 2.05) is 0 Å². The molecule has 0 aliphatic rings. The van der Waals surface area contributed by atoms with Crippen molar-refractivity contribution in [1.29, 1.82) is 0 Å². The molecule has 0 aliphatic carbocycles. The molecule has 2 nitrogen and oxygen atoms in total. The van der Waals surface area contributed by atoms with Crippen LogP contribution in [0.3, 0.4) is 0 Å². The van der Waals surface area contributed by atoms with Crippen LogP contribution in [0.1, 0.15) is 0 Å². The largest absolute Gasteiger partial charge is 1.00 e. The topological polar surface area (TPSA) is 26.3 Å². The maximum absolute atomic E-state index is 9.83. The molecule has 4 heteroatoms. The Hall–Kier alpha value is 0.227. The smallest absolute Gasteiger partial charge is 0.860 e. The third kappa shape index (κ3) is 6.23. The van der Waals surface area contributed by atoms with Crippen LogP contribution in [0.4, 0.5) is 0 Å².